The monoisotopic (exact) mass is 332 g/mol. The number of amides is 1. The molecule has 23 heavy (non-hydrogen) atoms. The van der Waals surface area contributed by atoms with Crippen LogP contribution in [0.2, 0.25) is 5.02 Å². The van der Waals surface area contributed by atoms with E-state index in [-0.39, 0.29) is 12.5 Å². The zero-order chi connectivity index (χ0) is 17.0. The molecular formula is C18H21ClN2O2. The van der Waals surface area contributed by atoms with Crippen molar-refractivity contribution in [2.45, 2.75) is 13.8 Å². The average Bonchev–Trinajstić information content (AvgIpc) is 2.46. The summed E-state index contributed by atoms with van der Waals surface area (Å²) >= 11 is 6.16. The van der Waals surface area contributed by atoms with E-state index in [1.165, 1.54) is 0 Å². The van der Waals surface area contributed by atoms with Crippen LogP contribution < -0.4 is 15.0 Å². The molecule has 0 radical (unpaired) electrons. The lowest BCUT2D eigenvalue weighted by molar-refractivity contribution is -0.118. The van der Waals surface area contributed by atoms with Crippen molar-refractivity contribution in [3.05, 3.63) is 52.5 Å². The van der Waals surface area contributed by atoms with Gasteiger partial charge in [0, 0.05) is 25.5 Å². The van der Waals surface area contributed by atoms with Crippen LogP contribution in [-0.4, -0.2) is 26.6 Å². The van der Waals surface area contributed by atoms with E-state index in [2.05, 4.69) is 5.32 Å². The maximum absolute atomic E-state index is 12.0. The highest BCUT2D eigenvalue weighted by atomic mass is 35.5. The Morgan fingerprint density at radius 1 is 1.17 bits per heavy atom. The summed E-state index contributed by atoms with van der Waals surface area (Å²) in [6, 6.07) is 11.4. The van der Waals surface area contributed by atoms with E-state index < -0.39 is 0 Å². The van der Waals surface area contributed by atoms with Crippen molar-refractivity contribution in [1.82, 2.24) is 0 Å². The van der Waals surface area contributed by atoms with Crippen molar-refractivity contribution in [2.75, 3.05) is 30.9 Å². The normalized spacial score (nSPS) is 10.3. The van der Waals surface area contributed by atoms with Crippen molar-refractivity contribution in [1.29, 1.82) is 0 Å². The molecule has 0 saturated heterocycles. The quantitative estimate of drug-likeness (QED) is 0.898. The lowest BCUT2D eigenvalue weighted by atomic mass is 10.1. The van der Waals surface area contributed by atoms with Gasteiger partial charge in [0.1, 0.15) is 5.75 Å². The van der Waals surface area contributed by atoms with Crippen molar-refractivity contribution >= 4 is 28.9 Å². The molecule has 0 unspecified atom stereocenters. The maximum atomic E-state index is 12.0. The maximum Gasteiger partial charge on any atom is 0.262 e. The van der Waals surface area contributed by atoms with Gasteiger partial charge in [-0.2, -0.15) is 0 Å². The second kappa shape index (κ2) is 7.38. The zero-order valence-corrected chi connectivity index (χ0v) is 14.6. The van der Waals surface area contributed by atoms with Gasteiger partial charge in [-0.05, 0) is 55.3 Å². The Balaban J connectivity index is 1.95. The van der Waals surface area contributed by atoms with E-state index in [0.717, 1.165) is 22.5 Å². The van der Waals surface area contributed by atoms with Crippen LogP contribution in [0.4, 0.5) is 11.4 Å². The number of hydrogen-bond acceptors (Lipinski definition) is 3. The molecule has 1 N–H and O–H groups in total. The molecule has 2 aromatic carbocycles. The highest BCUT2D eigenvalue weighted by molar-refractivity contribution is 6.32. The molecule has 122 valence electrons. The first-order valence-electron chi connectivity index (χ1n) is 7.33. The number of halogens is 1. The number of aryl methyl sites for hydroxylation is 2. The van der Waals surface area contributed by atoms with E-state index >= 15 is 0 Å². The highest BCUT2D eigenvalue weighted by Crippen LogP contribution is 2.29. The van der Waals surface area contributed by atoms with E-state index in [4.69, 9.17) is 16.3 Å². The molecular weight excluding hydrogens is 312 g/mol. The third-order valence-corrected chi connectivity index (χ3v) is 3.67. The molecule has 0 aromatic heterocycles. The van der Waals surface area contributed by atoms with Crippen molar-refractivity contribution < 1.29 is 9.53 Å². The van der Waals surface area contributed by atoms with Gasteiger partial charge in [-0.3, -0.25) is 4.79 Å². The minimum absolute atomic E-state index is 0.0843. The topological polar surface area (TPSA) is 41.6 Å². The minimum Gasteiger partial charge on any atom is -0.482 e. The lowest BCUT2D eigenvalue weighted by Crippen LogP contribution is -2.20. The summed E-state index contributed by atoms with van der Waals surface area (Å²) in [7, 11) is 3.93. The van der Waals surface area contributed by atoms with Crippen molar-refractivity contribution in [2.24, 2.45) is 0 Å². The third kappa shape index (κ3) is 4.63. The molecule has 0 atom stereocenters. The van der Waals surface area contributed by atoms with Crippen LogP contribution in [0, 0.1) is 13.8 Å². The predicted octanol–water partition coefficient (Wildman–Crippen LogP) is 4.04. The van der Waals surface area contributed by atoms with E-state index in [0.29, 0.717) is 10.8 Å². The third-order valence-electron chi connectivity index (χ3n) is 3.39. The number of nitrogens with zero attached hydrogens (tertiary/aromatic N) is 1. The number of carbonyl (C=O) groups excluding carboxylic acids is 1. The standard InChI is InChI=1S/C18H21ClN2O2/c1-12-9-13(2)18(16(19)10-12)23-11-17(22)20-14-5-7-15(8-6-14)21(3)4/h5-10H,11H2,1-4H3,(H,20,22). The van der Waals surface area contributed by atoms with Gasteiger partial charge in [0.15, 0.2) is 6.61 Å². The summed E-state index contributed by atoms with van der Waals surface area (Å²) in [4.78, 5) is 14.0. The van der Waals surface area contributed by atoms with Crippen LogP contribution in [0.1, 0.15) is 11.1 Å². The summed E-state index contributed by atoms with van der Waals surface area (Å²) in [5.41, 5.74) is 3.78. The van der Waals surface area contributed by atoms with Gasteiger partial charge in [0.2, 0.25) is 0 Å². The van der Waals surface area contributed by atoms with E-state index in [1.807, 2.05) is 69.2 Å². The first-order valence-corrected chi connectivity index (χ1v) is 7.71. The second-order valence-electron chi connectivity index (χ2n) is 5.67. The predicted molar refractivity (Wildman–Crippen MR) is 95.8 cm³/mol. The van der Waals surface area contributed by atoms with Gasteiger partial charge in [0.05, 0.1) is 5.02 Å². The van der Waals surface area contributed by atoms with Crippen LogP contribution in [0.15, 0.2) is 36.4 Å². The fourth-order valence-corrected chi connectivity index (χ4v) is 2.64. The Morgan fingerprint density at radius 2 is 1.83 bits per heavy atom. The molecule has 0 spiro atoms. The molecule has 4 nitrogen and oxygen atoms in total. The van der Waals surface area contributed by atoms with Crippen LogP contribution in [0.5, 0.6) is 5.75 Å². The summed E-state index contributed by atoms with van der Waals surface area (Å²) in [6.45, 7) is 3.79. The number of benzene rings is 2. The SMILES string of the molecule is Cc1cc(C)c(OCC(=O)Nc2ccc(N(C)C)cc2)c(Cl)c1. The summed E-state index contributed by atoms with van der Waals surface area (Å²) in [5.74, 6) is 0.328. The molecule has 2 aromatic rings. The molecule has 0 fully saturated rings. The van der Waals surface area contributed by atoms with Gasteiger partial charge in [-0.25, -0.2) is 0 Å². The summed E-state index contributed by atoms with van der Waals surface area (Å²) in [5, 5.41) is 3.32. The first kappa shape index (κ1) is 17.2. The number of nitrogens with one attached hydrogen (secondary N) is 1. The molecule has 0 aliphatic heterocycles. The van der Waals surface area contributed by atoms with Gasteiger partial charge in [-0.15, -0.1) is 0 Å². The summed E-state index contributed by atoms with van der Waals surface area (Å²) in [6.07, 6.45) is 0. The summed E-state index contributed by atoms with van der Waals surface area (Å²) < 4.78 is 5.57. The van der Waals surface area contributed by atoms with Crippen LogP contribution in [0.25, 0.3) is 0 Å². The zero-order valence-electron chi connectivity index (χ0n) is 13.8. The number of rotatable bonds is 5. The smallest absolute Gasteiger partial charge is 0.262 e. The minimum atomic E-state index is -0.223. The van der Waals surface area contributed by atoms with Crippen molar-refractivity contribution in [3.8, 4) is 5.75 Å². The molecule has 0 aliphatic carbocycles. The van der Waals surface area contributed by atoms with Crippen LogP contribution in [-0.2, 0) is 4.79 Å². The van der Waals surface area contributed by atoms with E-state index in [9.17, 15) is 4.79 Å². The Hall–Kier alpha value is -2.20. The number of hydrogen-bond donors (Lipinski definition) is 1. The average molecular weight is 333 g/mol. The number of carbonyl (C=O) groups is 1. The lowest BCUT2D eigenvalue weighted by Gasteiger charge is -2.14. The van der Waals surface area contributed by atoms with Crippen LogP contribution >= 0.6 is 11.6 Å². The van der Waals surface area contributed by atoms with Crippen molar-refractivity contribution in [3.63, 3.8) is 0 Å². The molecule has 2 rings (SSSR count). The Bertz CT molecular complexity index is 674. The van der Waals surface area contributed by atoms with Crippen LogP contribution in [0.3, 0.4) is 0 Å². The largest absolute Gasteiger partial charge is 0.482 e. The molecule has 0 aliphatic rings. The molecule has 0 heterocycles. The van der Waals surface area contributed by atoms with Gasteiger partial charge in [-0.1, -0.05) is 17.7 Å². The second-order valence-corrected chi connectivity index (χ2v) is 6.08. The van der Waals surface area contributed by atoms with Gasteiger partial charge >= 0.3 is 0 Å². The molecule has 5 heteroatoms. The Morgan fingerprint density at radius 3 is 2.39 bits per heavy atom. The fraction of sp³-hybridized carbons (Fsp3) is 0.278. The number of anilines is 2. The number of ether oxygens (including phenoxy) is 1. The Kier molecular flexibility index (Phi) is 5.50. The molecule has 0 saturated carbocycles. The molecule has 1 amide bonds. The molecule has 0 bridgehead atoms. The Labute approximate surface area is 142 Å². The van der Waals surface area contributed by atoms with Gasteiger partial charge < -0.3 is 15.0 Å². The first-order chi connectivity index (χ1) is 10.9. The van der Waals surface area contributed by atoms with Gasteiger partial charge in [0.25, 0.3) is 5.91 Å². The van der Waals surface area contributed by atoms with E-state index in [1.54, 1.807) is 0 Å². The highest BCUT2D eigenvalue weighted by Gasteiger charge is 2.10. The fourth-order valence-electron chi connectivity index (χ4n) is 2.26.